The lowest BCUT2D eigenvalue weighted by atomic mass is 10.1. The standard InChI is InChI=1S/C20H24FN3O2/c1-14-7-6-8-15(2)20(14)23-19(26)13-24(3)12-11-18(25)22-17-10-5-4-9-16(17)21/h4-10H,11-13H2,1-3H3,(H,22,25)(H,23,26). The Balaban J connectivity index is 1.79. The van der Waals surface area contributed by atoms with Crippen LogP contribution in [0, 0.1) is 19.7 Å². The minimum absolute atomic E-state index is 0.139. The van der Waals surface area contributed by atoms with Gasteiger partial charge in [-0.15, -0.1) is 0 Å². The van der Waals surface area contributed by atoms with E-state index >= 15 is 0 Å². The molecule has 2 rings (SSSR count). The third-order valence-electron chi connectivity index (χ3n) is 4.03. The lowest BCUT2D eigenvalue weighted by Gasteiger charge is -2.17. The first-order valence-corrected chi connectivity index (χ1v) is 8.46. The summed E-state index contributed by atoms with van der Waals surface area (Å²) in [7, 11) is 1.76. The number of hydrogen-bond donors (Lipinski definition) is 2. The summed E-state index contributed by atoms with van der Waals surface area (Å²) < 4.78 is 13.5. The SMILES string of the molecule is Cc1cccc(C)c1NC(=O)CN(C)CCC(=O)Nc1ccccc1F. The third kappa shape index (κ3) is 5.67. The maximum Gasteiger partial charge on any atom is 0.238 e. The van der Waals surface area contributed by atoms with Crippen LogP contribution in [-0.2, 0) is 9.59 Å². The second-order valence-electron chi connectivity index (χ2n) is 6.33. The van der Waals surface area contributed by atoms with Crippen LogP contribution < -0.4 is 10.6 Å². The van der Waals surface area contributed by atoms with E-state index < -0.39 is 5.82 Å². The van der Waals surface area contributed by atoms with E-state index in [0.717, 1.165) is 16.8 Å². The molecular weight excluding hydrogens is 333 g/mol. The van der Waals surface area contributed by atoms with Crippen LogP contribution in [-0.4, -0.2) is 36.9 Å². The Labute approximate surface area is 153 Å². The summed E-state index contributed by atoms with van der Waals surface area (Å²) in [6.07, 6.45) is 0.168. The van der Waals surface area contributed by atoms with Crippen molar-refractivity contribution in [3.63, 3.8) is 0 Å². The number of halogens is 1. The zero-order valence-electron chi connectivity index (χ0n) is 15.3. The van der Waals surface area contributed by atoms with Crippen molar-refractivity contribution < 1.29 is 14.0 Å². The van der Waals surface area contributed by atoms with Crippen LogP contribution in [0.15, 0.2) is 42.5 Å². The van der Waals surface area contributed by atoms with Crippen molar-refractivity contribution in [1.29, 1.82) is 0 Å². The molecule has 138 valence electrons. The highest BCUT2D eigenvalue weighted by Crippen LogP contribution is 2.19. The van der Waals surface area contributed by atoms with Gasteiger partial charge in [0.2, 0.25) is 11.8 Å². The molecule has 0 aromatic heterocycles. The van der Waals surface area contributed by atoms with Crippen molar-refractivity contribution in [3.8, 4) is 0 Å². The molecule has 0 aliphatic carbocycles. The quantitative estimate of drug-likeness (QED) is 0.799. The average molecular weight is 357 g/mol. The van der Waals surface area contributed by atoms with Gasteiger partial charge in [0.05, 0.1) is 12.2 Å². The number of likely N-dealkylation sites (N-methyl/N-ethyl adjacent to an activating group) is 1. The molecule has 0 aliphatic rings. The molecule has 0 bridgehead atoms. The number of anilines is 2. The molecular formula is C20H24FN3O2. The number of aryl methyl sites for hydroxylation is 2. The van der Waals surface area contributed by atoms with Gasteiger partial charge in [-0.1, -0.05) is 30.3 Å². The van der Waals surface area contributed by atoms with Crippen molar-refractivity contribution >= 4 is 23.2 Å². The van der Waals surface area contributed by atoms with E-state index in [0.29, 0.717) is 6.54 Å². The smallest absolute Gasteiger partial charge is 0.238 e. The summed E-state index contributed by atoms with van der Waals surface area (Å²) in [5.41, 5.74) is 2.99. The molecule has 5 nitrogen and oxygen atoms in total. The van der Waals surface area contributed by atoms with Crippen LogP contribution in [0.25, 0.3) is 0 Å². The van der Waals surface area contributed by atoms with Crippen LogP contribution in [0.1, 0.15) is 17.5 Å². The molecule has 2 aromatic rings. The number of para-hydroxylation sites is 2. The zero-order valence-corrected chi connectivity index (χ0v) is 15.3. The van der Waals surface area contributed by atoms with E-state index in [1.165, 1.54) is 12.1 Å². The van der Waals surface area contributed by atoms with Gasteiger partial charge in [0.15, 0.2) is 0 Å². The number of rotatable bonds is 7. The van der Waals surface area contributed by atoms with Crippen LogP contribution in [0.3, 0.4) is 0 Å². The maximum absolute atomic E-state index is 13.5. The highest BCUT2D eigenvalue weighted by Gasteiger charge is 2.12. The highest BCUT2D eigenvalue weighted by atomic mass is 19.1. The van der Waals surface area contributed by atoms with Crippen molar-refractivity contribution in [2.45, 2.75) is 20.3 Å². The average Bonchev–Trinajstić information content (AvgIpc) is 2.58. The number of carbonyl (C=O) groups is 2. The monoisotopic (exact) mass is 357 g/mol. The molecule has 6 heteroatoms. The Morgan fingerprint density at radius 3 is 2.27 bits per heavy atom. The summed E-state index contributed by atoms with van der Waals surface area (Å²) in [6.45, 7) is 4.44. The van der Waals surface area contributed by atoms with Gasteiger partial charge in [0.1, 0.15) is 5.82 Å². The molecule has 2 N–H and O–H groups in total. The van der Waals surface area contributed by atoms with Crippen LogP contribution in [0.5, 0.6) is 0 Å². The summed E-state index contributed by atoms with van der Waals surface area (Å²) in [6, 6.07) is 11.9. The molecule has 2 amide bonds. The second-order valence-corrected chi connectivity index (χ2v) is 6.33. The van der Waals surface area contributed by atoms with Crippen molar-refractivity contribution in [3.05, 3.63) is 59.4 Å². The largest absolute Gasteiger partial charge is 0.324 e. The molecule has 0 fully saturated rings. The molecule has 0 radical (unpaired) electrons. The zero-order chi connectivity index (χ0) is 19.1. The Morgan fingerprint density at radius 1 is 0.962 bits per heavy atom. The number of nitrogens with one attached hydrogen (secondary N) is 2. The van der Waals surface area contributed by atoms with E-state index in [-0.39, 0.29) is 30.5 Å². The predicted molar refractivity (Wildman–Crippen MR) is 102 cm³/mol. The van der Waals surface area contributed by atoms with Gasteiger partial charge in [-0.25, -0.2) is 4.39 Å². The van der Waals surface area contributed by atoms with E-state index in [1.54, 1.807) is 24.1 Å². The molecule has 0 spiro atoms. The van der Waals surface area contributed by atoms with Crippen LogP contribution >= 0.6 is 0 Å². The van der Waals surface area contributed by atoms with Gasteiger partial charge in [-0.05, 0) is 44.2 Å². The number of nitrogens with zero attached hydrogens (tertiary/aromatic N) is 1. The second kappa shape index (κ2) is 9.10. The van der Waals surface area contributed by atoms with Gasteiger partial charge in [-0.3, -0.25) is 14.5 Å². The Hall–Kier alpha value is -2.73. The number of carbonyl (C=O) groups excluding carboxylic acids is 2. The van der Waals surface area contributed by atoms with Gasteiger partial charge >= 0.3 is 0 Å². The first kappa shape index (κ1) is 19.6. The summed E-state index contributed by atoms with van der Waals surface area (Å²) >= 11 is 0. The minimum Gasteiger partial charge on any atom is -0.324 e. The fourth-order valence-corrected chi connectivity index (χ4v) is 2.58. The van der Waals surface area contributed by atoms with Gasteiger partial charge < -0.3 is 10.6 Å². The Kier molecular flexibility index (Phi) is 6.86. The Morgan fingerprint density at radius 2 is 1.62 bits per heavy atom. The lowest BCUT2D eigenvalue weighted by Crippen LogP contribution is -2.32. The topological polar surface area (TPSA) is 61.4 Å². The predicted octanol–water partition coefficient (Wildman–Crippen LogP) is 3.34. The number of amides is 2. The van der Waals surface area contributed by atoms with E-state index in [9.17, 15) is 14.0 Å². The summed E-state index contributed by atoms with van der Waals surface area (Å²) in [4.78, 5) is 25.9. The molecule has 0 heterocycles. The van der Waals surface area contributed by atoms with E-state index in [1.807, 2.05) is 32.0 Å². The third-order valence-corrected chi connectivity index (χ3v) is 4.03. The normalized spacial score (nSPS) is 10.7. The van der Waals surface area contributed by atoms with Gasteiger partial charge in [0.25, 0.3) is 0 Å². The highest BCUT2D eigenvalue weighted by molar-refractivity contribution is 5.94. The molecule has 0 atom stereocenters. The van der Waals surface area contributed by atoms with Crippen molar-refractivity contribution in [2.24, 2.45) is 0 Å². The van der Waals surface area contributed by atoms with Crippen LogP contribution in [0.4, 0.5) is 15.8 Å². The summed E-state index contributed by atoms with van der Waals surface area (Å²) in [5.74, 6) is -0.904. The fourth-order valence-electron chi connectivity index (χ4n) is 2.58. The molecule has 26 heavy (non-hydrogen) atoms. The number of benzene rings is 2. The summed E-state index contributed by atoms with van der Waals surface area (Å²) in [5, 5.41) is 5.45. The van der Waals surface area contributed by atoms with Crippen LogP contribution in [0.2, 0.25) is 0 Å². The van der Waals surface area contributed by atoms with Gasteiger partial charge in [0, 0.05) is 18.7 Å². The molecule has 0 aliphatic heterocycles. The molecule has 2 aromatic carbocycles. The molecule has 0 unspecified atom stereocenters. The first-order valence-electron chi connectivity index (χ1n) is 8.46. The van der Waals surface area contributed by atoms with Crippen molar-refractivity contribution in [2.75, 3.05) is 30.8 Å². The fraction of sp³-hybridized carbons (Fsp3) is 0.300. The lowest BCUT2D eigenvalue weighted by molar-refractivity contribution is -0.119. The molecule has 0 saturated carbocycles. The van der Waals surface area contributed by atoms with Crippen molar-refractivity contribution in [1.82, 2.24) is 4.90 Å². The van der Waals surface area contributed by atoms with E-state index in [2.05, 4.69) is 10.6 Å². The maximum atomic E-state index is 13.5. The number of hydrogen-bond acceptors (Lipinski definition) is 3. The molecule has 0 saturated heterocycles. The minimum atomic E-state index is -0.470. The van der Waals surface area contributed by atoms with Gasteiger partial charge in [-0.2, -0.15) is 0 Å². The first-order chi connectivity index (χ1) is 12.4. The van der Waals surface area contributed by atoms with E-state index in [4.69, 9.17) is 0 Å². The Bertz CT molecular complexity index is 772.